The van der Waals surface area contributed by atoms with Crippen LogP contribution in [0.25, 0.3) is 0 Å². The molecule has 0 bridgehead atoms. The summed E-state index contributed by atoms with van der Waals surface area (Å²) in [6.45, 7) is 1.71. The van der Waals surface area contributed by atoms with Crippen molar-refractivity contribution in [3.63, 3.8) is 0 Å². The van der Waals surface area contributed by atoms with Gasteiger partial charge in [-0.3, -0.25) is 0 Å². The van der Waals surface area contributed by atoms with Crippen molar-refractivity contribution >= 4 is 23.2 Å². The van der Waals surface area contributed by atoms with Gasteiger partial charge < -0.3 is 0 Å². The molecular formula is C9H8Cl2FN. The lowest BCUT2D eigenvalue weighted by Crippen LogP contribution is -1.82. The lowest BCUT2D eigenvalue weighted by molar-refractivity contribution is 0.626. The minimum atomic E-state index is -0.295. The SMILES string of the molecule is Cc1cc(F)ccc1C#N.ClCCl. The summed E-state index contributed by atoms with van der Waals surface area (Å²) >= 11 is 9.53. The Morgan fingerprint density at radius 3 is 2.38 bits per heavy atom. The highest BCUT2D eigenvalue weighted by Crippen LogP contribution is 2.07. The van der Waals surface area contributed by atoms with Crippen LogP contribution in [0.4, 0.5) is 4.39 Å². The minimum Gasteiger partial charge on any atom is -0.207 e. The predicted molar refractivity (Wildman–Crippen MR) is 52.4 cm³/mol. The summed E-state index contributed by atoms with van der Waals surface area (Å²) in [5.74, 6) is -0.295. The fraction of sp³-hybridized carbons (Fsp3) is 0.222. The van der Waals surface area contributed by atoms with E-state index >= 15 is 0 Å². The normalized spacial score (nSPS) is 8.23. The van der Waals surface area contributed by atoms with E-state index in [0.29, 0.717) is 11.1 Å². The maximum Gasteiger partial charge on any atom is 0.123 e. The molecule has 0 aliphatic heterocycles. The molecule has 1 aromatic rings. The third-order valence-electron chi connectivity index (χ3n) is 1.31. The smallest absolute Gasteiger partial charge is 0.123 e. The molecule has 0 aliphatic carbocycles. The molecule has 1 nitrogen and oxygen atoms in total. The van der Waals surface area contributed by atoms with Gasteiger partial charge in [-0.2, -0.15) is 5.26 Å². The van der Waals surface area contributed by atoms with Gasteiger partial charge in [-0.1, -0.05) is 0 Å². The number of hydrogen-bond acceptors (Lipinski definition) is 1. The predicted octanol–water partition coefficient (Wildman–Crippen LogP) is 3.43. The maximum absolute atomic E-state index is 12.4. The minimum absolute atomic E-state index is 0.194. The number of rotatable bonds is 0. The zero-order valence-electron chi connectivity index (χ0n) is 7.02. The van der Waals surface area contributed by atoms with E-state index in [0.717, 1.165) is 0 Å². The molecular weight excluding hydrogens is 212 g/mol. The van der Waals surface area contributed by atoms with Crippen molar-refractivity contribution < 1.29 is 4.39 Å². The second kappa shape index (κ2) is 6.71. The van der Waals surface area contributed by atoms with Gasteiger partial charge >= 0.3 is 0 Å². The number of aryl methyl sites for hydroxylation is 1. The van der Waals surface area contributed by atoms with Crippen molar-refractivity contribution in [1.82, 2.24) is 0 Å². The quantitative estimate of drug-likeness (QED) is 0.614. The average molecular weight is 220 g/mol. The zero-order chi connectivity index (χ0) is 10.3. The fourth-order valence-corrected chi connectivity index (χ4v) is 0.753. The number of nitrogens with zero attached hydrogens (tertiary/aromatic N) is 1. The van der Waals surface area contributed by atoms with E-state index in [1.807, 2.05) is 6.07 Å². The average Bonchev–Trinajstić information content (AvgIpc) is 2.06. The standard InChI is InChI=1S/C8H6FN.CH2Cl2/c1-6-4-8(9)3-2-7(6)5-10;2-1-3/h2-4H,1H3;1H2. The van der Waals surface area contributed by atoms with Crippen LogP contribution in [0.5, 0.6) is 0 Å². The number of benzene rings is 1. The second-order valence-electron chi connectivity index (χ2n) is 2.17. The molecule has 4 heteroatoms. The maximum atomic E-state index is 12.4. The summed E-state index contributed by atoms with van der Waals surface area (Å²) in [6, 6.07) is 6.06. The van der Waals surface area contributed by atoms with Crippen LogP contribution in [-0.4, -0.2) is 5.34 Å². The highest BCUT2D eigenvalue weighted by molar-refractivity contribution is 6.40. The molecule has 0 unspecified atom stereocenters. The van der Waals surface area contributed by atoms with Gasteiger partial charge in [0.15, 0.2) is 0 Å². The molecule has 1 aromatic carbocycles. The Hall–Kier alpha value is -0.780. The lowest BCUT2D eigenvalue weighted by Gasteiger charge is -1.93. The number of nitriles is 1. The van der Waals surface area contributed by atoms with Gasteiger partial charge in [-0.25, -0.2) is 4.39 Å². The van der Waals surface area contributed by atoms with Crippen LogP contribution in [0.15, 0.2) is 18.2 Å². The van der Waals surface area contributed by atoms with Gasteiger partial charge in [0.25, 0.3) is 0 Å². The molecule has 0 amide bonds. The van der Waals surface area contributed by atoms with Gasteiger partial charge in [0.1, 0.15) is 5.82 Å². The lowest BCUT2D eigenvalue weighted by atomic mass is 10.1. The summed E-state index contributed by atoms with van der Waals surface area (Å²) in [5, 5.41) is 8.63. The molecule has 0 radical (unpaired) electrons. The van der Waals surface area contributed by atoms with Gasteiger partial charge in [0.05, 0.1) is 17.0 Å². The Balaban J connectivity index is 0.000000424. The number of hydrogen-bond donors (Lipinski definition) is 0. The van der Waals surface area contributed by atoms with Crippen LogP contribution < -0.4 is 0 Å². The highest BCUT2D eigenvalue weighted by Gasteiger charge is 1.96. The van der Waals surface area contributed by atoms with Crippen molar-refractivity contribution in [3.8, 4) is 6.07 Å². The van der Waals surface area contributed by atoms with Crippen molar-refractivity contribution in [2.75, 3.05) is 5.34 Å². The highest BCUT2D eigenvalue weighted by atomic mass is 35.5. The van der Waals surface area contributed by atoms with Gasteiger partial charge in [-0.15, -0.1) is 23.2 Å². The number of halogens is 3. The largest absolute Gasteiger partial charge is 0.207 e. The molecule has 1 rings (SSSR count). The first kappa shape index (κ1) is 12.2. The zero-order valence-corrected chi connectivity index (χ0v) is 8.53. The van der Waals surface area contributed by atoms with Crippen LogP contribution in [0.1, 0.15) is 11.1 Å². The summed E-state index contributed by atoms with van der Waals surface area (Å²) in [7, 11) is 0. The van der Waals surface area contributed by atoms with E-state index in [2.05, 4.69) is 0 Å². The van der Waals surface area contributed by atoms with Crippen LogP contribution >= 0.6 is 23.2 Å². The van der Waals surface area contributed by atoms with E-state index in [-0.39, 0.29) is 11.2 Å². The van der Waals surface area contributed by atoms with Crippen molar-refractivity contribution in [2.45, 2.75) is 6.92 Å². The third kappa shape index (κ3) is 4.72. The van der Waals surface area contributed by atoms with Crippen LogP contribution in [0, 0.1) is 24.1 Å². The topological polar surface area (TPSA) is 23.8 Å². The second-order valence-corrected chi connectivity index (χ2v) is 2.98. The molecule has 0 spiro atoms. The van der Waals surface area contributed by atoms with Crippen LogP contribution in [0.2, 0.25) is 0 Å². The number of alkyl halides is 2. The Morgan fingerprint density at radius 2 is 2.00 bits per heavy atom. The monoisotopic (exact) mass is 219 g/mol. The first-order chi connectivity index (χ1) is 6.15. The fourth-order valence-electron chi connectivity index (χ4n) is 0.753. The summed E-state index contributed by atoms with van der Waals surface area (Å²) in [5.41, 5.74) is 1.21. The molecule has 0 aromatic heterocycles. The van der Waals surface area contributed by atoms with Crippen LogP contribution in [-0.2, 0) is 0 Å². The van der Waals surface area contributed by atoms with Crippen molar-refractivity contribution in [2.24, 2.45) is 0 Å². The molecule has 70 valence electrons. The summed E-state index contributed by atoms with van der Waals surface area (Å²) < 4.78 is 12.4. The summed E-state index contributed by atoms with van der Waals surface area (Å²) in [6.07, 6.45) is 0. The molecule has 0 saturated carbocycles. The van der Waals surface area contributed by atoms with E-state index in [1.165, 1.54) is 18.2 Å². The molecule has 0 saturated heterocycles. The van der Waals surface area contributed by atoms with Gasteiger partial charge in [-0.05, 0) is 30.7 Å². The van der Waals surface area contributed by atoms with E-state index in [1.54, 1.807) is 6.92 Å². The molecule has 0 N–H and O–H groups in total. The molecule has 0 heterocycles. The van der Waals surface area contributed by atoms with Gasteiger partial charge in [0, 0.05) is 0 Å². The molecule has 0 atom stereocenters. The van der Waals surface area contributed by atoms with E-state index in [9.17, 15) is 4.39 Å². The van der Waals surface area contributed by atoms with Crippen molar-refractivity contribution in [3.05, 3.63) is 35.1 Å². The van der Waals surface area contributed by atoms with Crippen molar-refractivity contribution in [1.29, 1.82) is 5.26 Å². The third-order valence-corrected chi connectivity index (χ3v) is 1.31. The molecule has 0 aliphatic rings. The first-order valence-electron chi connectivity index (χ1n) is 3.44. The molecule has 0 fully saturated rings. The van der Waals surface area contributed by atoms with Crippen LogP contribution in [0.3, 0.4) is 0 Å². The Kier molecular flexibility index (Phi) is 6.30. The Labute approximate surface area is 86.7 Å². The first-order valence-corrected chi connectivity index (χ1v) is 4.50. The Morgan fingerprint density at radius 1 is 1.46 bits per heavy atom. The summed E-state index contributed by atoms with van der Waals surface area (Å²) in [4.78, 5) is 0. The van der Waals surface area contributed by atoms with E-state index < -0.39 is 0 Å². The van der Waals surface area contributed by atoms with Gasteiger partial charge in [0.2, 0.25) is 0 Å². The van der Waals surface area contributed by atoms with E-state index in [4.69, 9.17) is 28.5 Å². The molecule has 13 heavy (non-hydrogen) atoms. The Bertz CT molecular complexity index is 307.